The summed E-state index contributed by atoms with van der Waals surface area (Å²) in [5, 5.41) is 11.0. The van der Waals surface area contributed by atoms with Crippen molar-refractivity contribution >= 4 is 10.8 Å². The molecule has 0 unspecified atom stereocenters. The van der Waals surface area contributed by atoms with Crippen LogP contribution in [0.5, 0.6) is 11.5 Å². The summed E-state index contributed by atoms with van der Waals surface area (Å²) in [4.78, 5) is 0. The molecule has 0 bridgehead atoms. The van der Waals surface area contributed by atoms with Gasteiger partial charge < -0.3 is 14.6 Å². The van der Waals surface area contributed by atoms with E-state index in [-0.39, 0.29) is 6.61 Å². The van der Waals surface area contributed by atoms with Gasteiger partial charge in [0.25, 0.3) is 0 Å². The highest BCUT2D eigenvalue weighted by Crippen LogP contribution is 2.37. The zero-order valence-corrected chi connectivity index (χ0v) is 11.5. The van der Waals surface area contributed by atoms with Crippen LogP contribution in [0.1, 0.15) is 18.4 Å². The molecule has 0 aliphatic rings. The Morgan fingerprint density at radius 1 is 1.00 bits per heavy atom. The number of aliphatic hydroxyl groups is 1. The van der Waals surface area contributed by atoms with Gasteiger partial charge in [-0.2, -0.15) is 0 Å². The van der Waals surface area contributed by atoms with Gasteiger partial charge in [0.15, 0.2) is 0 Å². The highest BCUT2D eigenvalue weighted by Gasteiger charge is 2.12. The van der Waals surface area contributed by atoms with Crippen molar-refractivity contribution in [2.45, 2.75) is 19.3 Å². The Hall–Kier alpha value is -1.74. The van der Waals surface area contributed by atoms with E-state index >= 15 is 0 Å². The van der Waals surface area contributed by atoms with Crippen LogP contribution < -0.4 is 9.47 Å². The molecule has 0 spiro atoms. The molecule has 1 N–H and O–H groups in total. The second kappa shape index (κ2) is 6.43. The first-order valence-electron chi connectivity index (χ1n) is 6.55. The summed E-state index contributed by atoms with van der Waals surface area (Å²) in [5.74, 6) is 1.78. The number of fused-ring (bicyclic) bond motifs is 1. The molecule has 3 heteroatoms. The van der Waals surface area contributed by atoms with Gasteiger partial charge in [-0.3, -0.25) is 0 Å². The molecule has 2 aromatic rings. The summed E-state index contributed by atoms with van der Waals surface area (Å²) in [6.45, 7) is 0.229. The first-order chi connectivity index (χ1) is 9.31. The normalized spacial score (nSPS) is 10.7. The quantitative estimate of drug-likeness (QED) is 0.811. The Labute approximate surface area is 113 Å². The zero-order valence-electron chi connectivity index (χ0n) is 11.5. The predicted octanol–water partition coefficient (Wildman–Crippen LogP) is 3.17. The lowest BCUT2D eigenvalue weighted by Gasteiger charge is -2.15. The average molecular weight is 260 g/mol. The predicted molar refractivity (Wildman–Crippen MR) is 77.1 cm³/mol. The summed E-state index contributed by atoms with van der Waals surface area (Å²) < 4.78 is 11.0. The molecule has 3 nitrogen and oxygen atoms in total. The first kappa shape index (κ1) is 13.7. The minimum atomic E-state index is 0.229. The number of methoxy groups -OCH3 is 2. The minimum absolute atomic E-state index is 0.229. The van der Waals surface area contributed by atoms with Crippen LogP contribution in [0.25, 0.3) is 10.8 Å². The fourth-order valence-electron chi connectivity index (χ4n) is 2.39. The van der Waals surface area contributed by atoms with Crippen molar-refractivity contribution < 1.29 is 14.6 Å². The lowest BCUT2D eigenvalue weighted by Crippen LogP contribution is -1.97. The SMILES string of the molecule is COc1cc(CCCCO)c(OC)c2ccccc12. The maximum Gasteiger partial charge on any atom is 0.130 e. The lowest BCUT2D eigenvalue weighted by molar-refractivity contribution is 0.284. The van der Waals surface area contributed by atoms with Gasteiger partial charge in [0.05, 0.1) is 14.2 Å². The largest absolute Gasteiger partial charge is 0.496 e. The second-order valence-corrected chi connectivity index (χ2v) is 4.50. The number of hydrogen-bond acceptors (Lipinski definition) is 3. The van der Waals surface area contributed by atoms with E-state index in [1.54, 1.807) is 14.2 Å². The van der Waals surface area contributed by atoms with Gasteiger partial charge in [0.1, 0.15) is 11.5 Å². The maximum absolute atomic E-state index is 8.89. The van der Waals surface area contributed by atoms with E-state index in [1.807, 2.05) is 30.3 Å². The van der Waals surface area contributed by atoms with Gasteiger partial charge in [0.2, 0.25) is 0 Å². The van der Waals surface area contributed by atoms with Crippen LogP contribution in [0.4, 0.5) is 0 Å². The van der Waals surface area contributed by atoms with Crippen molar-refractivity contribution in [2.24, 2.45) is 0 Å². The lowest BCUT2D eigenvalue weighted by atomic mass is 10.0. The summed E-state index contributed by atoms with van der Waals surface area (Å²) in [6.07, 6.45) is 2.62. The molecule has 0 aliphatic heterocycles. The van der Waals surface area contributed by atoms with Gasteiger partial charge in [-0.05, 0) is 30.9 Å². The summed E-state index contributed by atoms with van der Waals surface area (Å²) in [5.41, 5.74) is 1.13. The maximum atomic E-state index is 8.89. The number of aryl methyl sites for hydroxylation is 1. The topological polar surface area (TPSA) is 38.7 Å². The highest BCUT2D eigenvalue weighted by molar-refractivity contribution is 5.94. The van der Waals surface area contributed by atoms with E-state index in [0.717, 1.165) is 47.1 Å². The van der Waals surface area contributed by atoms with Crippen LogP contribution in [0.3, 0.4) is 0 Å². The number of benzene rings is 2. The van der Waals surface area contributed by atoms with E-state index in [4.69, 9.17) is 14.6 Å². The summed E-state index contributed by atoms with van der Waals surface area (Å²) in [6, 6.07) is 10.1. The third kappa shape index (κ3) is 2.82. The molecular weight excluding hydrogens is 240 g/mol. The molecule has 0 aliphatic carbocycles. The monoisotopic (exact) mass is 260 g/mol. The van der Waals surface area contributed by atoms with Gasteiger partial charge in [0, 0.05) is 17.4 Å². The molecule has 0 radical (unpaired) electrons. The van der Waals surface area contributed by atoms with Crippen molar-refractivity contribution in [3.63, 3.8) is 0 Å². The highest BCUT2D eigenvalue weighted by atomic mass is 16.5. The average Bonchev–Trinajstić information content (AvgIpc) is 2.46. The molecule has 0 amide bonds. The molecule has 2 rings (SSSR count). The number of rotatable bonds is 6. The van der Waals surface area contributed by atoms with E-state index in [9.17, 15) is 0 Å². The number of unbranched alkanes of at least 4 members (excludes halogenated alkanes) is 1. The van der Waals surface area contributed by atoms with E-state index in [1.165, 1.54) is 0 Å². The van der Waals surface area contributed by atoms with Gasteiger partial charge in [-0.1, -0.05) is 24.3 Å². The van der Waals surface area contributed by atoms with Crippen LogP contribution in [0.2, 0.25) is 0 Å². The first-order valence-corrected chi connectivity index (χ1v) is 6.55. The third-order valence-electron chi connectivity index (χ3n) is 3.31. The molecule has 0 heterocycles. The third-order valence-corrected chi connectivity index (χ3v) is 3.31. The van der Waals surface area contributed by atoms with Crippen LogP contribution >= 0.6 is 0 Å². The van der Waals surface area contributed by atoms with Crippen LogP contribution in [-0.4, -0.2) is 25.9 Å². The van der Waals surface area contributed by atoms with Gasteiger partial charge in [-0.25, -0.2) is 0 Å². The number of aliphatic hydroxyl groups excluding tert-OH is 1. The fraction of sp³-hybridized carbons (Fsp3) is 0.375. The van der Waals surface area contributed by atoms with Crippen molar-refractivity contribution in [3.05, 3.63) is 35.9 Å². The standard InChI is InChI=1S/C16H20O3/c1-18-15-11-12(7-5-6-10-17)16(19-2)14-9-4-3-8-13(14)15/h3-4,8-9,11,17H,5-7,10H2,1-2H3. The molecule has 0 saturated carbocycles. The Kier molecular flexibility index (Phi) is 4.63. The Balaban J connectivity index is 2.50. The van der Waals surface area contributed by atoms with Crippen molar-refractivity contribution in [1.82, 2.24) is 0 Å². The Morgan fingerprint density at radius 2 is 1.74 bits per heavy atom. The second-order valence-electron chi connectivity index (χ2n) is 4.50. The Bertz CT molecular complexity index is 549. The molecule has 102 valence electrons. The van der Waals surface area contributed by atoms with Crippen LogP contribution in [0.15, 0.2) is 30.3 Å². The van der Waals surface area contributed by atoms with Crippen LogP contribution in [-0.2, 0) is 6.42 Å². The number of ether oxygens (including phenoxy) is 2. The zero-order chi connectivity index (χ0) is 13.7. The number of hydrogen-bond donors (Lipinski definition) is 1. The van der Waals surface area contributed by atoms with E-state index < -0.39 is 0 Å². The van der Waals surface area contributed by atoms with Crippen molar-refractivity contribution in [2.75, 3.05) is 20.8 Å². The fourth-order valence-corrected chi connectivity index (χ4v) is 2.39. The molecule has 19 heavy (non-hydrogen) atoms. The van der Waals surface area contributed by atoms with Crippen LogP contribution in [0, 0.1) is 0 Å². The molecule has 0 saturated heterocycles. The molecule has 0 aromatic heterocycles. The molecule has 0 fully saturated rings. The van der Waals surface area contributed by atoms with Crippen molar-refractivity contribution in [3.8, 4) is 11.5 Å². The smallest absolute Gasteiger partial charge is 0.130 e. The summed E-state index contributed by atoms with van der Waals surface area (Å²) in [7, 11) is 3.38. The molecular formula is C16H20O3. The minimum Gasteiger partial charge on any atom is -0.496 e. The van der Waals surface area contributed by atoms with Gasteiger partial charge in [-0.15, -0.1) is 0 Å². The summed E-state index contributed by atoms with van der Waals surface area (Å²) >= 11 is 0. The van der Waals surface area contributed by atoms with Gasteiger partial charge >= 0.3 is 0 Å². The van der Waals surface area contributed by atoms with E-state index in [0.29, 0.717) is 0 Å². The Morgan fingerprint density at radius 3 is 2.37 bits per heavy atom. The van der Waals surface area contributed by atoms with Crippen molar-refractivity contribution in [1.29, 1.82) is 0 Å². The molecule has 2 aromatic carbocycles. The van der Waals surface area contributed by atoms with E-state index in [2.05, 4.69) is 0 Å². The molecule has 0 atom stereocenters.